The second-order valence-corrected chi connectivity index (χ2v) is 6.09. The zero-order valence-corrected chi connectivity index (χ0v) is 14.1. The van der Waals surface area contributed by atoms with E-state index < -0.39 is 0 Å². The van der Waals surface area contributed by atoms with Crippen molar-refractivity contribution in [3.63, 3.8) is 0 Å². The molecule has 0 bridgehead atoms. The van der Waals surface area contributed by atoms with E-state index in [4.69, 9.17) is 35.4 Å². The molecule has 0 saturated heterocycles. The number of aliphatic hydroxyl groups is 1. The molecule has 0 fully saturated rings. The Hall–Kier alpha value is -0.920. The molecule has 0 spiro atoms. The van der Waals surface area contributed by atoms with Gasteiger partial charge in [-0.2, -0.15) is 5.10 Å². The summed E-state index contributed by atoms with van der Waals surface area (Å²) < 4.78 is 3.93. The maximum Gasteiger partial charge on any atom is 0.198 e. The highest BCUT2D eigenvalue weighted by atomic mass is 35.5. The van der Waals surface area contributed by atoms with Gasteiger partial charge in [0, 0.05) is 23.6 Å². The molecule has 2 rings (SSSR count). The van der Waals surface area contributed by atoms with E-state index in [-0.39, 0.29) is 6.61 Å². The highest BCUT2D eigenvalue weighted by molar-refractivity contribution is 7.71. The van der Waals surface area contributed by atoms with Gasteiger partial charge in [0.05, 0.1) is 6.67 Å². The Morgan fingerprint density at radius 2 is 1.90 bits per heavy atom. The molecule has 0 aliphatic rings. The minimum absolute atomic E-state index is 0.138. The molecule has 8 heteroatoms. The van der Waals surface area contributed by atoms with Crippen LogP contribution in [-0.2, 0) is 26.9 Å². The molecule has 5 nitrogen and oxygen atoms in total. The summed E-state index contributed by atoms with van der Waals surface area (Å²) in [5, 5.41) is 14.7. The molecule has 0 aliphatic heterocycles. The van der Waals surface area contributed by atoms with Crippen molar-refractivity contribution < 1.29 is 5.11 Å². The van der Waals surface area contributed by atoms with Gasteiger partial charge in [0.1, 0.15) is 6.61 Å². The molecule has 0 amide bonds. The third kappa shape index (κ3) is 4.05. The lowest BCUT2D eigenvalue weighted by Crippen LogP contribution is -2.22. The zero-order chi connectivity index (χ0) is 15.6. The number of aromatic nitrogens is 3. The summed E-state index contributed by atoms with van der Waals surface area (Å²) in [7, 11) is 3.73. The number of halogens is 2. The van der Waals surface area contributed by atoms with Crippen LogP contribution in [-0.4, -0.2) is 31.4 Å². The van der Waals surface area contributed by atoms with Crippen molar-refractivity contribution in [2.75, 3.05) is 7.05 Å². The molecule has 1 heterocycles. The normalized spacial score (nSPS) is 11.3. The molecule has 0 atom stereocenters. The molecule has 0 saturated carbocycles. The molecule has 0 radical (unpaired) electrons. The Kier molecular flexibility index (Phi) is 5.40. The number of benzene rings is 1. The molecular weight excluding hydrogens is 331 g/mol. The summed E-state index contributed by atoms with van der Waals surface area (Å²) in [4.78, 5) is 2.03. The Bertz CT molecular complexity index is 678. The lowest BCUT2D eigenvalue weighted by Gasteiger charge is -2.16. The first-order valence-electron chi connectivity index (χ1n) is 6.28. The Morgan fingerprint density at radius 3 is 2.43 bits per heavy atom. The third-order valence-electron chi connectivity index (χ3n) is 3.02. The van der Waals surface area contributed by atoms with Crippen LogP contribution < -0.4 is 0 Å². The van der Waals surface area contributed by atoms with E-state index in [1.54, 1.807) is 22.4 Å². The minimum atomic E-state index is -0.138. The van der Waals surface area contributed by atoms with Crippen LogP contribution in [0.4, 0.5) is 0 Å². The van der Waals surface area contributed by atoms with Crippen LogP contribution >= 0.6 is 35.4 Å². The highest BCUT2D eigenvalue weighted by Crippen LogP contribution is 2.20. The van der Waals surface area contributed by atoms with Crippen molar-refractivity contribution in [2.45, 2.75) is 19.8 Å². The largest absolute Gasteiger partial charge is 0.388 e. The lowest BCUT2D eigenvalue weighted by molar-refractivity contribution is 0.238. The molecule has 2 aromatic rings. The van der Waals surface area contributed by atoms with Crippen molar-refractivity contribution in [3.8, 4) is 0 Å². The topological polar surface area (TPSA) is 46.2 Å². The lowest BCUT2D eigenvalue weighted by atomic mass is 10.2. The molecule has 0 unspecified atom stereocenters. The van der Waals surface area contributed by atoms with E-state index in [0.29, 0.717) is 33.9 Å². The van der Waals surface area contributed by atoms with Crippen LogP contribution in [0.25, 0.3) is 0 Å². The van der Waals surface area contributed by atoms with Crippen LogP contribution in [0.2, 0.25) is 10.0 Å². The summed E-state index contributed by atoms with van der Waals surface area (Å²) in [6.07, 6.45) is 0. The highest BCUT2D eigenvalue weighted by Gasteiger charge is 2.09. The standard InChI is InChI=1S/C13H16Cl2N4OS/c1-17(6-9-3-10(14)5-11(15)4-9)8-19-13(21)18(2)12(7-20)16-19/h3-5,20H,6-8H2,1-2H3. The number of hydrogen-bond donors (Lipinski definition) is 1. The van der Waals surface area contributed by atoms with Crippen LogP contribution in [0.15, 0.2) is 18.2 Å². The van der Waals surface area contributed by atoms with Crippen molar-refractivity contribution in [2.24, 2.45) is 7.05 Å². The molecule has 21 heavy (non-hydrogen) atoms. The van der Waals surface area contributed by atoms with Crippen LogP contribution in [0, 0.1) is 4.77 Å². The van der Waals surface area contributed by atoms with E-state index in [0.717, 1.165) is 5.56 Å². The first-order valence-corrected chi connectivity index (χ1v) is 7.44. The Labute approximate surface area is 138 Å². The summed E-state index contributed by atoms with van der Waals surface area (Å²) >= 11 is 17.3. The van der Waals surface area contributed by atoms with Gasteiger partial charge in [0.15, 0.2) is 10.6 Å². The van der Waals surface area contributed by atoms with Gasteiger partial charge in [-0.25, -0.2) is 4.68 Å². The van der Waals surface area contributed by atoms with Gasteiger partial charge < -0.3 is 9.67 Å². The summed E-state index contributed by atoms with van der Waals surface area (Å²) in [5.41, 5.74) is 1.01. The first kappa shape index (κ1) is 16.5. The monoisotopic (exact) mass is 346 g/mol. The fraction of sp³-hybridized carbons (Fsp3) is 0.385. The minimum Gasteiger partial charge on any atom is -0.388 e. The van der Waals surface area contributed by atoms with Crippen LogP contribution in [0.5, 0.6) is 0 Å². The molecule has 1 aromatic heterocycles. The van der Waals surface area contributed by atoms with Crippen molar-refractivity contribution in [1.82, 2.24) is 19.2 Å². The quantitative estimate of drug-likeness (QED) is 0.845. The fourth-order valence-electron chi connectivity index (χ4n) is 2.06. The van der Waals surface area contributed by atoms with Gasteiger partial charge >= 0.3 is 0 Å². The van der Waals surface area contributed by atoms with Gasteiger partial charge in [-0.1, -0.05) is 23.2 Å². The summed E-state index contributed by atoms with van der Waals surface area (Å²) in [6.45, 7) is 1.03. The van der Waals surface area contributed by atoms with Crippen molar-refractivity contribution >= 4 is 35.4 Å². The van der Waals surface area contributed by atoms with E-state index in [1.165, 1.54) is 0 Å². The maximum absolute atomic E-state index is 9.20. The predicted molar refractivity (Wildman–Crippen MR) is 85.9 cm³/mol. The average molecular weight is 347 g/mol. The second kappa shape index (κ2) is 6.89. The molecule has 1 aromatic carbocycles. The molecule has 0 aliphatic carbocycles. The van der Waals surface area contributed by atoms with Gasteiger partial charge in [0.25, 0.3) is 0 Å². The Morgan fingerprint density at radius 1 is 1.29 bits per heavy atom. The van der Waals surface area contributed by atoms with Gasteiger partial charge in [0.2, 0.25) is 0 Å². The zero-order valence-electron chi connectivity index (χ0n) is 11.8. The van der Waals surface area contributed by atoms with E-state index in [2.05, 4.69) is 5.10 Å². The van der Waals surface area contributed by atoms with Gasteiger partial charge in [-0.05, 0) is 43.0 Å². The number of rotatable bonds is 5. The molecule has 114 valence electrons. The van der Waals surface area contributed by atoms with Gasteiger partial charge in [-0.3, -0.25) is 4.90 Å². The van der Waals surface area contributed by atoms with Crippen molar-refractivity contribution in [1.29, 1.82) is 0 Å². The SMILES string of the molecule is CN(Cc1cc(Cl)cc(Cl)c1)Cn1nc(CO)n(C)c1=S. The fourth-order valence-corrected chi connectivity index (χ4v) is 2.83. The van der Waals surface area contributed by atoms with E-state index in [1.807, 2.05) is 24.1 Å². The molecular formula is C13H16Cl2N4OS. The smallest absolute Gasteiger partial charge is 0.198 e. The number of hydrogen-bond acceptors (Lipinski definition) is 4. The Balaban J connectivity index is 2.11. The third-order valence-corrected chi connectivity index (χ3v) is 3.94. The second-order valence-electron chi connectivity index (χ2n) is 4.85. The first-order chi connectivity index (χ1) is 9.90. The van der Waals surface area contributed by atoms with E-state index >= 15 is 0 Å². The van der Waals surface area contributed by atoms with E-state index in [9.17, 15) is 5.11 Å². The van der Waals surface area contributed by atoms with Crippen molar-refractivity contribution in [3.05, 3.63) is 44.4 Å². The average Bonchev–Trinajstić information content (AvgIpc) is 2.65. The number of aliphatic hydroxyl groups excluding tert-OH is 1. The maximum atomic E-state index is 9.20. The number of nitrogens with zero attached hydrogens (tertiary/aromatic N) is 4. The summed E-state index contributed by atoms with van der Waals surface area (Å²) in [6, 6.07) is 5.45. The van der Waals surface area contributed by atoms with Crippen LogP contribution in [0.1, 0.15) is 11.4 Å². The van der Waals surface area contributed by atoms with Crippen LogP contribution in [0.3, 0.4) is 0 Å². The van der Waals surface area contributed by atoms with Gasteiger partial charge in [-0.15, -0.1) is 0 Å². The summed E-state index contributed by atoms with van der Waals surface area (Å²) in [5.74, 6) is 0.541. The molecule has 1 N–H and O–H groups in total. The predicted octanol–water partition coefficient (Wildman–Crippen LogP) is 2.84.